The summed E-state index contributed by atoms with van der Waals surface area (Å²) >= 11 is 9.85. The van der Waals surface area contributed by atoms with E-state index in [0.29, 0.717) is 138 Å². The molecule has 1 fully saturated rings. The van der Waals surface area contributed by atoms with E-state index < -0.39 is 0 Å². The molecule has 10 rings (SSSR count). The van der Waals surface area contributed by atoms with E-state index in [1.165, 1.54) is 0 Å². The van der Waals surface area contributed by atoms with Gasteiger partial charge in [-0.15, -0.1) is 0 Å². The van der Waals surface area contributed by atoms with Crippen molar-refractivity contribution in [3.63, 3.8) is 0 Å². The fourth-order valence-electron chi connectivity index (χ4n) is 8.81. The van der Waals surface area contributed by atoms with E-state index in [9.17, 15) is 0 Å². The van der Waals surface area contributed by atoms with Crippen molar-refractivity contribution >= 4 is 121 Å². The Labute approximate surface area is 535 Å². The van der Waals surface area contributed by atoms with Gasteiger partial charge in [-0.2, -0.15) is 0 Å². The zero-order valence-electron chi connectivity index (χ0n) is 53.6. The van der Waals surface area contributed by atoms with Crippen LogP contribution in [0, 0.1) is 0 Å². The summed E-state index contributed by atoms with van der Waals surface area (Å²) in [4.78, 5) is 85.0. The van der Waals surface area contributed by atoms with Crippen LogP contribution in [-0.4, -0.2) is 168 Å². The van der Waals surface area contributed by atoms with Gasteiger partial charge in [-0.1, -0.05) is 209 Å². The molecule has 87 heavy (non-hydrogen) atoms. The zero-order valence-corrected chi connectivity index (χ0v) is 58.5. The molecule has 8 bridgehead atoms. The molecule has 0 spiro atoms. The maximum atomic E-state index is 6.64. The number of thioether (sulfide) groups is 6. The number of nitrogens with one attached hydrogen (secondary N) is 2. The molecule has 0 aliphatic carbocycles. The molecular formula is C60H81N17O4S6. The van der Waals surface area contributed by atoms with Gasteiger partial charge in [0, 0.05) is 41.6 Å². The number of anilines is 1. The number of H-pyrrole nitrogens is 2. The van der Waals surface area contributed by atoms with E-state index in [-0.39, 0.29) is 51.8 Å². The second-order valence-electron chi connectivity index (χ2n) is 27.1. The maximum Gasteiger partial charge on any atom is 0.258 e. The van der Waals surface area contributed by atoms with Gasteiger partial charge in [-0.3, -0.25) is 0 Å². The lowest BCUT2D eigenvalue weighted by atomic mass is 10.3. The minimum Gasteiger partial charge on any atom is -0.475 e. The van der Waals surface area contributed by atoms with Gasteiger partial charge in [0.05, 0.1) is 46.2 Å². The number of rotatable bonds is 11. The Bertz CT molecular complexity index is 3880. The predicted octanol–water partition coefficient (Wildman–Crippen LogP) is 14.4. The van der Waals surface area contributed by atoms with Crippen LogP contribution in [0.3, 0.4) is 0 Å². The highest BCUT2D eigenvalue weighted by Gasteiger charge is 2.34. The lowest BCUT2D eigenvalue weighted by molar-refractivity contribution is 0.0125. The molecular weight excluding hydrogens is 1220 g/mol. The van der Waals surface area contributed by atoms with E-state index in [1.807, 2.05) is 0 Å². The summed E-state index contributed by atoms with van der Waals surface area (Å²) in [6.45, 7) is 45.1. The molecule has 0 unspecified atom stereocenters. The third kappa shape index (κ3) is 16.4. The summed E-state index contributed by atoms with van der Waals surface area (Å²) in [6, 6.07) is 0. The molecule has 7 aromatic rings. The number of aromatic amines is 2. The van der Waals surface area contributed by atoms with Crippen molar-refractivity contribution in [3.8, 4) is 52.0 Å². The lowest BCUT2D eigenvalue weighted by Crippen LogP contribution is -2.33. The molecule has 0 amide bonds. The Balaban J connectivity index is 1.38. The van der Waals surface area contributed by atoms with Crippen molar-refractivity contribution < 1.29 is 18.9 Å². The minimum absolute atomic E-state index is 0.216. The van der Waals surface area contributed by atoms with Crippen molar-refractivity contribution in [2.75, 3.05) is 64.2 Å². The standard InChI is InChI=1S/C60H81N17O4S6/c1-20-21-24-81-48-47(77-22-25-78-27-29-80-30-28-79-26-23-77)61-31-32(62-48)40-69-39(31)70-41-33-35(65-51(84-57(8,9)10)49(63-33)82-55(2,3)4)43(72-41)74-45-37-38(68-54(87-60(17,18)19)53(67-37)86-59(14,15)16)46(76-45)75-44-36-34(42(71-40)73-44)64-50(83-56(5,6)7)52(66-36)85-58(11,12)13/h20-30H2,1-19H3,(H2,69,70,71,72,73,74,75,76). The number of unbranched alkanes of at least 4 members (excludes halogenated alkanes) is 1. The first-order chi connectivity index (χ1) is 40.7. The fourth-order valence-corrected chi connectivity index (χ4v) is 14.7. The van der Waals surface area contributed by atoms with Crippen LogP contribution in [-0.2, 0) is 14.2 Å². The lowest BCUT2D eigenvalue weighted by Gasteiger charge is -2.25. The largest absolute Gasteiger partial charge is 0.475 e. The SMILES string of the molecule is CCCCOc1nc2c3nc4nc(nc5[nH]c(nc6nc(nc([nH]3)c2nc1N1CCOCCOCCOCC1)-c1nc(SC(C)(C)C)c(SC(C)(C)C)nc1-6)c1nc(SC(C)(C)C)c(SC(C)(C)C)nc51)-c1nc(SC(C)(C)C)c(SC(C)(C)C)nc1-4. The monoisotopic (exact) mass is 1300 g/mol. The molecule has 0 atom stereocenters. The first kappa shape index (κ1) is 65.2. The first-order valence-electron chi connectivity index (χ1n) is 29.5. The summed E-state index contributed by atoms with van der Waals surface area (Å²) in [5, 5.41) is 4.51. The van der Waals surface area contributed by atoms with Crippen molar-refractivity contribution in [2.45, 2.75) is 203 Å². The highest BCUT2D eigenvalue weighted by atomic mass is 32.2. The molecule has 7 aromatic heterocycles. The molecule has 21 nitrogen and oxygen atoms in total. The Hall–Kier alpha value is -4.74. The molecule has 2 N–H and O–H groups in total. The van der Waals surface area contributed by atoms with E-state index in [2.05, 4.69) is 146 Å². The number of hydrogen-bond donors (Lipinski definition) is 2. The molecule has 466 valence electrons. The number of aromatic nitrogens is 16. The van der Waals surface area contributed by atoms with Gasteiger partial charge in [0.1, 0.15) is 75.0 Å². The van der Waals surface area contributed by atoms with E-state index in [1.54, 1.807) is 70.6 Å². The molecule has 1 saturated heterocycles. The second kappa shape index (κ2) is 25.5. The van der Waals surface area contributed by atoms with Crippen LogP contribution in [0.5, 0.6) is 5.88 Å². The predicted molar refractivity (Wildman–Crippen MR) is 357 cm³/mol. The van der Waals surface area contributed by atoms with Crippen LogP contribution >= 0.6 is 70.6 Å². The van der Waals surface area contributed by atoms with Gasteiger partial charge >= 0.3 is 0 Å². The number of ether oxygens (including phenoxy) is 4. The van der Waals surface area contributed by atoms with Gasteiger partial charge in [-0.05, 0) is 6.42 Å². The highest BCUT2D eigenvalue weighted by Crippen LogP contribution is 2.48. The third-order valence-corrected chi connectivity index (χ3v) is 19.0. The number of nitrogens with zero attached hydrogens (tertiary/aromatic N) is 15. The summed E-state index contributed by atoms with van der Waals surface area (Å²) in [7, 11) is 0. The molecule has 3 aliphatic heterocycles. The highest BCUT2D eigenvalue weighted by molar-refractivity contribution is 8.04. The maximum absolute atomic E-state index is 6.64. The summed E-state index contributed by atoms with van der Waals surface area (Å²) in [6.07, 6.45) is 1.70. The van der Waals surface area contributed by atoms with Gasteiger partial charge in [0.2, 0.25) is 0 Å². The third-order valence-electron chi connectivity index (χ3n) is 12.1. The summed E-state index contributed by atoms with van der Waals surface area (Å²) in [5.41, 5.74) is 4.84. The molecule has 0 aromatic carbocycles. The van der Waals surface area contributed by atoms with Gasteiger partial charge in [0.25, 0.3) is 5.88 Å². The summed E-state index contributed by atoms with van der Waals surface area (Å²) < 4.78 is 23.2. The zero-order chi connectivity index (χ0) is 62.6. The first-order valence-corrected chi connectivity index (χ1v) is 34.4. The topological polar surface area (TPSA) is 252 Å². The number of fused-ring (bicyclic) bond motifs is 20. The average molecular weight is 1300 g/mol. The normalized spacial score (nSPS) is 15.2. The Morgan fingerprint density at radius 2 is 0.655 bits per heavy atom. The number of hydrogen-bond acceptors (Lipinski definition) is 25. The van der Waals surface area contributed by atoms with Crippen LogP contribution in [0.4, 0.5) is 5.82 Å². The minimum atomic E-state index is -0.231. The van der Waals surface area contributed by atoms with Crippen molar-refractivity contribution in [1.82, 2.24) is 79.7 Å². The van der Waals surface area contributed by atoms with Crippen molar-refractivity contribution in [2.24, 2.45) is 0 Å². The molecule has 0 saturated carbocycles. The summed E-state index contributed by atoms with van der Waals surface area (Å²) in [5.74, 6) is 1.85. The van der Waals surface area contributed by atoms with E-state index in [0.717, 1.165) is 43.0 Å². The van der Waals surface area contributed by atoms with Gasteiger partial charge in [0.15, 0.2) is 51.7 Å². The van der Waals surface area contributed by atoms with Crippen molar-refractivity contribution in [1.29, 1.82) is 0 Å². The Kier molecular flexibility index (Phi) is 19.1. The quantitative estimate of drug-likeness (QED) is 0.0901. The van der Waals surface area contributed by atoms with Crippen LogP contribution < -0.4 is 9.64 Å². The molecule has 3 aliphatic rings. The average Bonchev–Trinajstić information content (AvgIpc) is 1.65. The van der Waals surface area contributed by atoms with Gasteiger partial charge in [-0.25, -0.2) is 69.8 Å². The molecule has 10 heterocycles. The van der Waals surface area contributed by atoms with E-state index in [4.69, 9.17) is 88.7 Å². The van der Waals surface area contributed by atoms with E-state index >= 15 is 0 Å². The van der Waals surface area contributed by atoms with Gasteiger partial charge < -0.3 is 33.8 Å². The van der Waals surface area contributed by atoms with Crippen LogP contribution in [0.2, 0.25) is 0 Å². The van der Waals surface area contributed by atoms with Crippen LogP contribution in [0.1, 0.15) is 144 Å². The molecule has 0 radical (unpaired) electrons. The Morgan fingerprint density at radius 3 is 0.966 bits per heavy atom. The molecule has 27 heteroatoms. The smallest absolute Gasteiger partial charge is 0.258 e. The second-order valence-corrected chi connectivity index (χ2v) is 38.0. The van der Waals surface area contributed by atoms with Crippen molar-refractivity contribution in [3.05, 3.63) is 0 Å². The Morgan fingerprint density at radius 1 is 0.368 bits per heavy atom. The van der Waals surface area contributed by atoms with Crippen LogP contribution in [0.15, 0.2) is 30.2 Å². The van der Waals surface area contributed by atoms with Crippen LogP contribution in [0.25, 0.3) is 90.7 Å². The fraction of sp³-hybridized carbons (Fsp3) is 0.600.